The Bertz CT molecular complexity index is 888. The van der Waals surface area contributed by atoms with Gasteiger partial charge >= 0.3 is 0 Å². The fourth-order valence-corrected chi connectivity index (χ4v) is 6.30. The van der Waals surface area contributed by atoms with Crippen LogP contribution in [0.5, 0.6) is 5.75 Å². The molecule has 1 aromatic carbocycles. The third kappa shape index (κ3) is 7.72. The molecule has 3 aliphatic heterocycles. The summed E-state index contributed by atoms with van der Waals surface area (Å²) in [5, 5.41) is 0. The van der Waals surface area contributed by atoms with Crippen molar-refractivity contribution < 1.29 is 14.3 Å². The summed E-state index contributed by atoms with van der Waals surface area (Å²) in [6.07, 6.45) is 12.8. The van der Waals surface area contributed by atoms with E-state index in [0.717, 1.165) is 96.4 Å². The van der Waals surface area contributed by atoms with E-state index in [1.807, 2.05) is 0 Å². The van der Waals surface area contributed by atoms with Crippen LogP contribution in [0.3, 0.4) is 0 Å². The molecule has 2 saturated heterocycles. The van der Waals surface area contributed by atoms with Crippen molar-refractivity contribution in [2.75, 3.05) is 45.9 Å². The molecule has 0 aliphatic carbocycles. The van der Waals surface area contributed by atoms with Gasteiger partial charge in [0.2, 0.25) is 11.8 Å². The van der Waals surface area contributed by atoms with Gasteiger partial charge in [-0.2, -0.15) is 0 Å². The fourth-order valence-electron chi connectivity index (χ4n) is 6.30. The van der Waals surface area contributed by atoms with Gasteiger partial charge in [-0.25, -0.2) is 0 Å². The van der Waals surface area contributed by atoms with Gasteiger partial charge in [-0.05, 0) is 61.6 Å². The predicted molar refractivity (Wildman–Crippen MR) is 149 cm³/mol. The molecular formula is C31H49N3O3. The average Bonchev–Trinajstić information content (AvgIpc) is 3.54. The maximum absolute atomic E-state index is 13.6. The number of likely N-dealkylation sites (tertiary alicyclic amines) is 2. The molecule has 6 heteroatoms. The first-order chi connectivity index (χ1) is 18.1. The smallest absolute Gasteiger partial charge is 0.236 e. The zero-order valence-electron chi connectivity index (χ0n) is 23.4. The molecule has 2 amide bonds. The minimum Gasteiger partial charge on any atom is -0.493 e. The van der Waals surface area contributed by atoms with Gasteiger partial charge in [0.25, 0.3) is 0 Å². The maximum Gasteiger partial charge on any atom is 0.236 e. The topological polar surface area (TPSA) is 53.1 Å². The number of fused-ring (bicyclic) bond motifs is 1. The molecule has 0 N–H and O–H groups in total. The number of unbranched alkanes of at least 4 members (excludes halogenated alkanes) is 4. The van der Waals surface area contributed by atoms with Crippen molar-refractivity contribution in [2.45, 2.75) is 103 Å². The van der Waals surface area contributed by atoms with Gasteiger partial charge in [0.1, 0.15) is 5.75 Å². The summed E-state index contributed by atoms with van der Waals surface area (Å²) in [7, 11) is 0. The number of carbonyl (C=O) groups excluding carboxylic acids is 2. The highest BCUT2D eigenvalue weighted by atomic mass is 16.5. The second-order valence-corrected chi connectivity index (χ2v) is 11.4. The molecule has 2 fully saturated rings. The summed E-state index contributed by atoms with van der Waals surface area (Å²) in [5.74, 6) is 2.05. The highest BCUT2D eigenvalue weighted by Crippen LogP contribution is 2.36. The number of ether oxygens (including phenoxy) is 1. The third-order valence-electron chi connectivity index (χ3n) is 8.62. The van der Waals surface area contributed by atoms with Crippen LogP contribution in [-0.4, -0.2) is 78.4 Å². The highest BCUT2D eigenvalue weighted by molar-refractivity contribution is 5.78. The van der Waals surface area contributed by atoms with Gasteiger partial charge in [-0.1, -0.05) is 51.7 Å². The van der Waals surface area contributed by atoms with Crippen LogP contribution < -0.4 is 4.74 Å². The van der Waals surface area contributed by atoms with Crippen molar-refractivity contribution in [1.29, 1.82) is 0 Å². The predicted octanol–water partition coefficient (Wildman–Crippen LogP) is 5.39. The standard InChI is InChI=1S/C31H49N3O3/c1-3-5-7-9-17-32(16-6-4-2)31(36)24-34-23-27(25-12-13-29-26(21-25)15-20-37-29)22-28(34)14-19-33-18-10-8-11-30(33)35/h12-13,21,27-28H,3-11,14-20,22-24H2,1-2H3/t27-,28?/m1/s1. The van der Waals surface area contributed by atoms with Crippen LogP contribution in [-0.2, 0) is 16.0 Å². The normalized spacial score (nSPS) is 21.8. The van der Waals surface area contributed by atoms with Crippen molar-refractivity contribution in [3.63, 3.8) is 0 Å². The van der Waals surface area contributed by atoms with Crippen LogP contribution in [0.1, 0.15) is 102 Å². The fraction of sp³-hybridized carbons (Fsp3) is 0.742. The number of carbonyl (C=O) groups is 2. The van der Waals surface area contributed by atoms with Gasteiger partial charge in [0.15, 0.2) is 0 Å². The van der Waals surface area contributed by atoms with Crippen molar-refractivity contribution >= 4 is 11.8 Å². The SMILES string of the molecule is CCCCCCN(CCCC)C(=O)CN1C[C@H](c2ccc3c(c2)CCO3)CC1CCN1CCCCC1=O. The first-order valence-corrected chi connectivity index (χ1v) is 15.1. The quantitative estimate of drug-likeness (QED) is 0.314. The Kier molecular flexibility index (Phi) is 10.7. The van der Waals surface area contributed by atoms with Crippen molar-refractivity contribution in [2.24, 2.45) is 0 Å². The molecular weight excluding hydrogens is 462 g/mol. The Labute approximate surface area is 224 Å². The number of piperidine rings is 1. The highest BCUT2D eigenvalue weighted by Gasteiger charge is 2.35. The van der Waals surface area contributed by atoms with E-state index in [9.17, 15) is 9.59 Å². The van der Waals surface area contributed by atoms with E-state index in [1.54, 1.807) is 0 Å². The molecule has 0 aromatic heterocycles. The zero-order valence-corrected chi connectivity index (χ0v) is 23.4. The molecule has 206 valence electrons. The number of hydrogen-bond donors (Lipinski definition) is 0. The van der Waals surface area contributed by atoms with Crippen LogP contribution in [0.4, 0.5) is 0 Å². The van der Waals surface area contributed by atoms with Crippen molar-refractivity contribution in [1.82, 2.24) is 14.7 Å². The number of nitrogens with zero attached hydrogens (tertiary/aromatic N) is 3. The van der Waals surface area contributed by atoms with Crippen LogP contribution in [0.2, 0.25) is 0 Å². The molecule has 0 spiro atoms. The van der Waals surface area contributed by atoms with E-state index in [4.69, 9.17) is 4.74 Å². The second-order valence-electron chi connectivity index (χ2n) is 11.4. The summed E-state index contributed by atoms with van der Waals surface area (Å²) in [5.41, 5.74) is 2.70. The van der Waals surface area contributed by atoms with E-state index in [1.165, 1.54) is 30.4 Å². The summed E-state index contributed by atoms with van der Waals surface area (Å²) < 4.78 is 5.73. The number of amides is 2. The van der Waals surface area contributed by atoms with E-state index in [-0.39, 0.29) is 5.91 Å². The Balaban J connectivity index is 1.42. The lowest BCUT2D eigenvalue weighted by Crippen LogP contribution is -2.44. The maximum atomic E-state index is 13.6. The number of benzene rings is 1. The molecule has 6 nitrogen and oxygen atoms in total. The number of hydrogen-bond acceptors (Lipinski definition) is 4. The lowest BCUT2D eigenvalue weighted by molar-refractivity contribution is -0.134. The largest absolute Gasteiger partial charge is 0.493 e. The Morgan fingerprint density at radius 2 is 1.89 bits per heavy atom. The summed E-state index contributed by atoms with van der Waals surface area (Å²) in [6.45, 7) is 10.1. The van der Waals surface area contributed by atoms with Crippen LogP contribution in [0.15, 0.2) is 18.2 Å². The molecule has 0 saturated carbocycles. The van der Waals surface area contributed by atoms with Crippen LogP contribution >= 0.6 is 0 Å². The first-order valence-electron chi connectivity index (χ1n) is 15.1. The summed E-state index contributed by atoms with van der Waals surface area (Å²) >= 11 is 0. The minimum atomic E-state index is 0.284. The summed E-state index contributed by atoms with van der Waals surface area (Å²) in [6, 6.07) is 7.04. The zero-order chi connectivity index (χ0) is 26.0. The van der Waals surface area contributed by atoms with E-state index < -0.39 is 0 Å². The molecule has 37 heavy (non-hydrogen) atoms. The van der Waals surface area contributed by atoms with Gasteiger partial charge in [-0.3, -0.25) is 14.5 Å². The van der Waals surface area contributed by atoms with Crippen molar-refractivity contribution in [3.8, 4) is 5.75 Å². The Hall–Kier alpha value is -2.08. The first kappa shape index (κ1) is 27.9. The number of rotatable bonds is 14. The van der Waals surface area contributed by atoms with Gasteiger partial charge in [0.05, 0.1) is 13.2 Å². The molecule has 0 radical (unpaired) electrons. The van der Waals surface area contributed by atoms with E-state index in [0.29, 0.717) is 30.8 Å². The second kappa shape index (κ2) is 14.2. The molecule has 3 heterocycles. The molecule has 1 unspecified atom stereocenters. The van der Waals surface area contributed by atoms with Crippen LogP contribution in [0.25, 0.3) is 0 Å². The Morgan fingerprint density at radius 1 is 1.05 bits per heavy atom. The molecule has 1 aromatic rings. The molecule has 3 aliphatic rings. The molecule has 4 rings (SSSR count). The lowest BCUT2D eigenvalue weighted by atomic mass is 9.93. The van der Waals surface area contributed by atoms with Gasteiger partial charge < -0.3 is 14.5 Å². The van der Waals surface area contributed by atoms with E-state index in [2.05, 4.69) is 46.7 Å². The minimum absolute atomic E-state index is 0.284. The van der Waals surface area contributed by atoms with Crippen LogP contribution in [0, 0.1) is 0 Å². The molecule has 0 bridgehead atoms. The Morgan fingerprint density at radius 3 is 2.70 bits per heavy atom. The summed E-state index contributed by atoms with van der Waals surface area (Å²) in [4.78, 5) is 32.6. The van der Waals surface area contributed by atoms with Gasteiger partial charge in [-0.15, -0.1) is 0 Å². The molecule has 2 atom stereocenters. The van der Waals surface area contributed by atoms with E-state index >= 15 is 0 Å². The average molecular weight is 512 g/mol. The lowest BCUT2D eigenvalue weighted by Gasteiger charge is -2.31. The third-order valence-corrected chi connectivity index (χ3v) is 8.62. The monoisotopic (exact) mass is 511 g/mol. The van der Waals surface area contributed by atoms with Gasteiger partial charge in [0, 0.05) is 51.6 Å². The van der Waals surface area contributed by atoms with Crippen molar-refractivity contribution in [3.05, 3.63) is 29.3 Å².